The summed E-state index contributed by atoms with van der Waals surface area (Å²) in [6.45, 7) is 10.3. The third kappa shape index (κ3) is 7.79. The van der Waals surface area contributed by atoms with Crippen LogP contribution in [0.2, 0.25) is 0 Å². The number of carbonyl (C=O) groups excluding carboxylic acids is 3. The number of ketones is 1. The van der Waals surface area contributed by atoms with Crippen molar-refractivity contribution in [2.75, 3.05) is 13.1 Å². The minimum atomic E-state index is -0.536. The molecule has 0 spiro atoms. The number of Topliss-reactive ketones (excluding diaryl/α,β-unsaturated/α-hetero) is 1. The summed E-state index contributed by atoms with van der Waals surface area (Å²) in [4.78, 5) is 37.1. The van der Waals surface area contributed by atoms with Crippen LogP contribution in [0.1, 0.15) is 66.7 Å². The molecular formula is C18H32N2O4. The Morgan fingerprint density at radius 1 is 1.21 bits per heavy atom. The molecule has 2 atom stereocenters. The average Bonchev–Trinajstić information content (AvgIpc) is 2.42. The second-order valence-electron chi connectivity index (χ2n) is 7.81. The van der Waals surface area contributed by atoms with Crippen LogP contribution in [0.25, 0.3) is 0 Å². The van der Waals surface area contributed by atoms with E-state index in [2.05, 4.69) is 12.2 Å². The summed E-state index contributed by atoms with van der Waals surface area (Å²) in [5, 5.41) is 2.78. The Bertz CT molecular complexity index is 456. The Labute approximate surface area is 145 Å². The van der Waals surface area contributed by atoms with Crippen molar-refractivity contribution >= 4 is 17.8 Å². The zero-order valence-electron chi connectivity index (χ0n) is 15.7. The predicted octanol–water partition coefficient (Wildman–Crippen LogP) is 2.90. The molecule has 0 aromatic carbocycles. The summed E-state index contributed by atoms with van der Waals surface area (Å²) in [7, 11) is 0. The fraction of sp³-hybridized carbons (Fsp3) is 0.833. The molecule has 0 aromatic rings. The molecule has 6 heteroatoms. The lowest BCUT2D eigenvalue weighted by Gasteiger charge is -2.39. The first-order chi connectivity index (χ1) is 11.1. The van der Waals surface area contributed by atoms with E-state index in [0.29, 0.717) is 38.3 Å². The molecule has 1 heterocycles. The van der Waals surface area contributed by atoms with Crippen molar-refractivity contribution in [3.05, 3.63) is 0 Å². The van der Waals surface area contributed by atoms with Gasteiger partial charge in [0.25, 0.3) is 0 Å². The van der Waals surface area contributed by atoms with Crippen molar-refractivity contribution in [2.24, 2.45) is 5.92 Å². The second kappa shape index (κ2) is 9.04. The summed E-state index contributed by atoms with van der Waals surface area (Å²) >= 11 is 0. The lowest BCUT2D eigenvalue weighted by molar-refractivity contribution is -0.135. The Balaban J connectivity index is 2.54. The quantitative estimate of drug-likeness (QED) is 0.806. The van der Waals surface area contributed by atoms with Gasteiger partial charge in [0.1, 0.15) is 11.4 Å². The Hall–Kier alpha value is -1.59. The normalized spacial score (nSPS) is 21.3. The van der Waals surface area contributed by atoms with Gasteiger partial charge in [-0.25, -0.2) is 4.79 Å². The van der Waals surface area contributed by atoms with E-state index >= 15 is 0 Å². The maximum absolute atomic E-state index is 12.4. The van der Waals surface area contributed by atoms with Gasteiger partial charge in [-0.3, -0.25) is 4.79 Å². The number of likely N-dealkylation sites (tertiary alicyclic amines) is 1. The average molecular weight is 340 g/mol. The number of piperidine rings is 1. The Morgan fingerprint density at radius 2 is 1.88 bits per heavy atom. The fourth-order valence-corrected chi connectivity index (χ4v) is 2.92. The van der Waals surface area contributed by atoms with Crippen molar-refractivity contribution in [3.8, 4) is 0 Å². The van der Waals surface area contributed by atoms with Gasteiger partial charge in [-0.05, 0) is 52.9 Å². The summed E-state index contributed by atoms with van der Waals surface area (Å²) in [6, 6.07) is -0.00824. The van der Waals surface area contributed by atoms with Crippen molar-refractivity contribution in [1.82, 2.24) is 10.2 Å². The number of alkyl carbamates (subject to hydrolysis) is 1. The Kier molecular flexibility index (Phi) is 7.70. The highest BCUT2D eigenvalue weighted by Gasteiger charge is 2.30. The van der Waals surface area contributed by atoms with Gasteiger partial charge in [-0.1, -0.05) is 6.92 Å². The third-order valence-corrected chi connectivity index (χ3v) is 4.10. The minimum Gasteiger partial charge on any atom is -0.444 e. The summed E-state index contributed by atoms with van der Waals surface area (Å²) < 4.78 is 5.25. The van der Waals surface area contributed by atoms with E-state index in [1.807, 2.05) is 25.7 Å². The highest BCUT2D eigenvalue weighted by atomic mass is 16.6. The van der Waals surface area contributed by atoms with Crippen molar-refractivity contribution in [3.63, 3.8) is 0 Å². The molecule has 1 fully saturated rings. The maximum atomic E-state index is 12.4. The van der Waals surface area contributed by atoms with E-state index in [0.717, 1.165) is 12.8 Å². The van der Waals surface area contributed by atoms with E-state index in [-0.39, 0.29) is 17.7 Å². The van der Waals surface area contributed by atoms with Crippen LogP contribution in [0.15, 0.2) is 0 Å². The second-order valence-corrected chi connectivity index (χ2v) is 7.81. The molecule has 6 nitrogen and oxygen atoms in total. The van der Waals surface area contributed by atoms with Crippen LogP contribution in [0.5, 0.6) is 0 Å². The molecule has 0 saturated carbocycles. The van der Waals surface area contributed by atoms with Crippen LogP contribution >= 0.6 is 0 Å². The summed E-state index contributed by atoms with van der Waals surface area (Å²) in [6.07, 6.45) is 2.81. The monoisotopic (exact) mass is 340 g/mol. The van der Waals surface area contributed by atoms with E-state index in [9.17, 15) is 14.4 Å². The number of carbonyl (C=O) groups is 3. The van der Waals surface area contributed by atoms with E-state index < -0.39 is 11.7 Å². The summed E-state index contributed by atoms with van der Waals surface area (Å²) in [5.74, 6) is 0.703. The van der Waals surface area contributed by atoms with Gasteiger partial charge in [0.05, 0.1) is 0 Å². The molecule has 138 valence electrons. The van der Waals surface area contributed by atoms with Crippen LogP contribution in [-0.2, 0) is 14.3 Å². The number of hydrogen-bond donors (Lipinski definition) is 1. The van der Waals surface area contributed by atoms with Gasteiger partial charge >= 0.3 is 6.09 Å². The SMILES string of the molecule is CC(=O)CCCC(=O)N1CC[C@@H](C)C[C@@H]1CNC(=O)OC(C)(C)C. The molecular weight excluding hydrogens is 308 g/mol. The van der Waals surface area contributed by atoms with Crippen LogP contribution in [0.3, 0.4) is 0 Å². The molecule has 1 saturated heterocycles. The van der Waals surface area contributed by atoms with Gasteiger partial charge < -0.3 is 19.7 Å². The smallest absolute Gasteiger partial charge is 0.407 e. The Morgan fingerprint density at radius 3 is 2.46 bits per heavy atom. The van der Waals surface area contributed by atoms with Crippen molar-refractivity contribution < 1.29 is 19.1 Å². The third-order valence-electron chi connectivity index (χ3n) is 4.10. The van der Waals surface area contributed by atoms with E-state index in [1.165, 1.54) is 0 Å². The molecule has 1 rings (SSSR count). The molecule has 24 heavy (non-hydrogen) atoms. The zero-order valence-corrected chi connectivity index (χ0v) is 15.7. The first-order valence-electron chi connectivity index (χ1n) is 8.84. The lowest BCUT2D eigenvalue weighted by atomic mass is 9.92. The van der Waals surface area contributed by atoms with Gasteiger partial charge in [-0.15, -0.1) is 0 Å². The van der Waals surface area contributed by atoms with Crippen molar-refractivity contribution in [1.29, 1.82) is 0 Å². The number of hydrogen-bond acceptors (Lipinski definition) is 4. The molecule has 2 amide bonds. The highest BCUT2D eigenvalue weighted by molar-refractivity contribution is 5.79. The number of ether oxygens (including phenoxy) is 1. The standard InChI is InChI=1S/C18H32N2O4/c1-13-9-10-20(16(22)8-6-7-14(2)21)15(11-13)12-19-17(23)24-18(3,4)5/h13,15H,6-12H2,1-5H3,(H,19,23)/t13-,15-/m1/s1. The number of nitrogens with one attached hydrogen (secondary N) is 1. The predicted molar refractivity (Wildman–Crippen MR) is 92.7 cm³/mol. The van der Waals surface area contributed by atoms with E-state index in [4.69, 9.17) is 4.74 Å². The van der Waals surface area contributed by atoms with Crippen LogP contribution < -0.4 is 5.32 Å². The van der Waals surface area contributed by atoms with Crippen molar-refractivity contribution in [2.45, 2.75) is 78.4 Å². The van der Waals surface area contributed by atoms with Crippen LogP contribution in [0, 0.1) is 5.92 Å². The summed E-state index contributed by atoms with van der Waals surface area (Å²) in [5.41, 5.74) is -0.536. The zero-order chi connectivity index (χ0) is 18.3. The number of nitrogens with zero attached hydrogens (tertiary/aromatic N) is 1. The molecule has 1 aliphatic heterocycles. The van der Waals surface area contributed by atoms with Crippen LogP contribution in [0.4, 0.5) is 4.79 Å². The molecule has 0 aromatic heterocycles. The van der Waals surface area contributed by atoms with Gasteiger partial charge in [0.15, 0.2) is 0 Å². The van der Waals surface area contributed by atoms with E-state index in [1.54, 1.807) is 6.92 Å². The maximum Gasteiger partial charge on any atom is 0.407 e. The molecule has 0 aliphatic carbocycles. The molecule has 0 bridgehead atoms. The number of amides is 2. The number of rotatable bonds is 6. The van der Waals surface area contributed by atoms with Gasteiger partial charge in [0, 0.05) is 32.0 Å². The first kappa shape index (κ1) is 20.5. The highest BCUT2D eigenvalue weighted by Crippen LogP contribution is 2.23. The molecule has 1 aliphatic rings. The molecule has 1 N–H and O–H groups in total. The largest absolute Gasteiger partial charge is 0.444 e. The van der Waals surface area contributed by atoms with Crippen LogP contribution in [-0.4, -0.2) is 47.4 Å². The lowest BCUT2D eigenvalue weighted by Crippen LogP contribution is -2.51. The minimum absolute atomic E-state index is 0.00824. The molecule has 0 unspecified atom stereocenters. The fourth-order valence-electron chi connectivity index (χ4n) is 2.92. The topological polar surface area (TPSA) is 75.7 Å². The first-order valence-corrected chi connectivity index (χ1v) is 8.84. The van der Waals surface area contributed by atoms with Gasteiger partial charge in [0.2, 0.25) is 5.91 Å². The van der Waals surface area contributed by atoms with Gasteiger partial charge in [-0.2, -0.15) is 0 Å². The molecule has 0 radical (unpaired) electrons.